The largest absolute Gasteiger partial charge is 0.392 e. The van der Waals surface area contributed by atoms with Crippen LogP contribution in [0.25, 0.3) is 0 Å². The second-order valence-electron chi connectivity index (χ2n) is 4.25. The first kappa shape index (κ1) is 11.0. The molecule has 0 bridgehead atoms. The number of hydrogen-bond donors (Lipinski definition) is 2. The zero-order valence-corrected chi connectivity index (χ0v) is 8.95. The van der Waals surface area contributed by atoms with Crippen molar-refractivity contribution >= 4 is 0 Å². The summed E-state index contributed by atoms with van der Waals surface area (Å²) < 4.78 is 0. The van der Waals surface area contributed by atoms with E-state index in [-0.39, 0.29) is 6.10 Å². The number of aliphatic hydroxyl groups is 1. The highest BCUT2D eigenvalue weighted by Gasteiger charge is 2.28. The van der Waals surface area contributed by atoms with E-state index in [2.05, 4.69) is 24.2 Å². The lowest BCUT2D eigenvalue weighted by atomic mass is 10.3. The van der Waals surface area contributed by atoms with Gasteiger partial charge in [0.2, 0.25) is 0 Å². The van der Waals surface area contributed by atoms with Crippen molar-refractivity contribution < 1.29 is 5.11 Å². The van der Waals surface area contributed by atoms with Gasteiger partial charge in [-0.1, -0.05) is 0 Å². The van der Waals surface area contributed by atoms with Crippen molar-refractivity contribution in [2.24, 2.45) is 0 Å². The molecule has 2 atom stereocenters. The quantitative estimate of drug-likeness (QED) is 0.632. The summed E-state index contributed by atoms with van der Waals surface area (Å²) in [5.74, 6) is 0. The highest BCUT2D eigenvalue weighted by atomic mass is 16.3. The Hall–Kier alpha value is -0.120. The molecule has 0 amide bonds. The normalized spacial score (nSPS) is 21.9. The van der Waals surface area contributed by atoms with Gasteiger partial charge in [0, 0.05) is 25.2 Å². The van der Waals surface area contributed by atoms with Crippen LogP contribution in [0.2, 0.25) is 0 Å². The zero-order valence-electron chi connectivity index (χ0n) is 8.95. The Morgan fingerprint density at radius 2 is 2.00 bits per heavy atom. The summed E-state index contributed by atoms with van der Waals surface area (Å²) >= 11 is 0. The van der Waals surface area contributed by atoms with Crippen molar-refractivity contribution in [2.45, 2.75) is 44.9 Å². The van der Waals surface area contributed by atoms with E-state index in [0.29, 0.717) is 12.6 Å². The minimum atomic E-state index is -0.238. The fourth-order valence-corrected chi connectivity index (χ4v) is 1.49. The average molecular weight is 186 g/mol. The fourth-order valence-electron chi connectivity index (χ4n) is 1.49. The molecule has 1 rings (SSSR count). The smallest absolute Gasteiger partial charge is 0.0636 e. The van der Waals surface area contributed by atoms with Crippen LogP contribution in [0.1, 0.15) is 26.7 Å². The van der Waals surface area contributed by atoms with Crippen LogP contribution < -0.4 is 5.32 Å². The predicted molar refractivity (Wildman–Crippen MR) is 54.8 cm³/mol. The van der Waals surface area contributed by atoms with Crippen molar-refractivity contribution in [1.29, 1.82) is 0 Å². The molecule has 1 aliphatic rings. The van der Waals surface area contributed by atoms with Gasteiger partial charge in [0.05, 0.1) is 6.10 Å². The molecule has 1 aliphatic carbocycles. The molecule has 13 heavy (non-hydrogen) atoms. The number of rotatable bonds is 6. The second-order valence-corrected chi connectivity index (χ2v) is 4.25. The van der Waals surface area contributed by atoms with E-state index >= 15 is 0 Å². The Balaban J connectivity index is 2.05. The van der Waals surface area contributed by atoms with Gasteiger partial charge in [-0.25, -0.2) is 0 Å². The molecule has 78 valence electrons. The van der Waals surface area contributed by atoms with Gasteiger partial charge in [-0.15, -0.1) is 0 Å². The minimum Gasteiger partial charge on any atom is -0.392 e. The maximum atomic E-state index is 9.05. The van der Waals surface area contributed by atoms with Crippen molar-refractivity contribution in [3.05, 3.63) is 0 Å². The van der Waals surface area contributed by atoms with Crippen molar-refractivity contribution in [3.63, 3.8) is 0 Å². The Morgan fingerprint density at radius 3 is 2.46 bits per heavy atom. The fraction of sp³-hybridized carbons (Fsp3) is 1.00. The number of hydrogen-bond acceptors (Lipinski definition) is 3. The number of nitrogens with zero attached hydrogens (tertiary/aromatic N) is 1. The van der Waals surface area contributed by atoms with E-state index in [1.54, 1.807) is 0 Å². The highest BCUT2D eigenvalue weighted by molar-refractivity contribution is 4.85. The highest BCUT2D eigenvalue weighted by Crippen LogP contribution is 2.26. The van der Waals surface area contributed by atoms with Gasteiger partial charge >= 0.3 is 0 Å². The summed E-state index contributed by atoms with van der Waals surface area (Å²) in [6, 6.07) is 1.40. The maximum Gasteiger partial charge on any atom is 0.0636 e. The first-order valence-corrected chi connectivity index (χ1v) is 5.22. The third-order valence-corrected chi connectivity index (χ3v) is 2.70. The first-order valence-electron chi connectivity index (χ1n) is 5.22. The summed E-state index contributed by atoms with van der Waals surface area (Å²) in [4.78, 5) is 2.43. The molecule has 0 aromatic rings. The van der Waals surface area contributed by atoms with E-state index in [9.17, 15) is 0 Å². The maximum absolute atomic E-state index is 9.05. The topological polar surface area (TPSA) is 35.5 Å². The predicted octanol–water partition coefficient (Wildman–Crippen LogP) is 0.440. The van der Waals surface area contributed by atoms with E-state index in [0.717, 1.165) is 12.6 Å². The molecule has 1 unspecified atom stereocenters. The van der Waals surface area contributed by atoms with Crippen molar-refractivity contribution in [1.82, 2.24) is 10.2 Å². The summed E-state index contributed by atoms with van der Waals surface area (Å²) in [6.45, 7) is 5.70. The van der Waals surface area contributed by atoms with Gasteiger partial charge in [0.1, 0.15) is 0 Å². The number of aliphatic hydroxyl groups excluding tert-OH is 1. The molecule has 0 aromatic carbocycles. The van der Waals surface area contributed by atoms with E-state index < -0.39 is 0 Å². The number of nitrogens with one attached hydrogen (secondary N) is 1. The van der Waals surface area contributed by atoms with Gasteiger partial charge in [0.25, 0.3) is 0 Å². The van der Waals surface area contributed by atoms with E-state index in [4.69, 9.17) is 5.11 Å². The summed E-state index contributed by atoms with van der Waals surface area (Å²) in [5, 5.41) is 12.3. The monoisotopic (exact) mass is 186 g/mol. The molecule has 3 heteroatoms. The molecule has 1 fully saturated rings. The summed E-state index contributed by atoms with van der Waals surface area (Å²) in [5.41, 5.74) is 0. The molecule has 0 radical (unpaired) electrons. The Labute approximate surface area is 81.1 Å². The lowest BCUT2D eigenvalue weighted by Crippen LogP contribution is -2.40. The molecule has 1 saturated carbocycles. The Bertz CT molecular complexity index is 146. The van der Waals surface area contributed by atoms with Crippen LogP contribution in [-0.2, 0) is 0 Å². The molecule has 0 aromatic heterocycles. The average Bonchev–Trinajstić information content (AvgIpc) is 2.84. The molecule has 0 aliphatic heterocycles. The van der Waals surface area contributed by atoms with Crippen LogP contribution in [0.5, 0.6) is 0 Å². The Kier molecular flexibility index (Phi) is 4.16. The molecular formula is C10H22N2O. The van der Waals surface area contributed by atoms with Crippen LogP contribution in [0.15, 0.2) is 0 Å². The van der Waals surface area contributed by atoms with Crippen LogP contribution in [0, 0.1) is 0 Å². The minimum absolute atomic E-state index is 0.238. The van der Waals surface area contributed by atoms with Gasteiger partial charge in [-0.05, 0) is 33.7 Å². The first-order chi connectivity index (χ1) is 6.11. The molecule has 2 N–H and O–H groups in total. The van der Waals surface area contributed by atoms with Crippen molar-refractivity contribution in [3.8, 4) is 0 Å². The van der Waals surface area contributed by atoms with Crippen LogP contribution in [-0.4, -0.2) is 48.3 Å². The summed E-state index contributed by atoms with van der Waals surface area (Å²) in [6.07, 6.45) is 2.48. The third kappa shape index (κ3) is 4.07. The van der Waals surface area contributed by atoms with Gasteiger partial charge in [0.15, 0.2) is 0 Å². The second kappa shape index (κ2) is 4.94. The third-order valence-electron chi connectivity index (χ3n) is 2.70. The molecule has 0 saturated heterocycles. The molecular weight excluding hydrogens is 164 g/mol. The standard InChI is InChI=1S/C10H22N2O/c1-8(6-11-7-9(2)13)12(3)10-4-5-10/h8-11,13H,4-7H2,1-3H3/t8?,9-/m1/s1. The zero-order chi connectivity index (χ0) is 9.84. The van der Waals surface area contributed by atoms with Gasteiger partial charge in [-0.3, -0.25) is 4.90 Å². The molecule has 3 nitrogen and oxygen atoms in total. The van der Waals surface area contributed by atoms with Crippen molar-refractivity contribution in [2.75, 3.05) is 20.1 Å². The molecule has 0 spiro atoms. The SMILES string of the molecule is CC(CNC[C@@H](C)O)N(C)C1CC1. The van der Waals surface area contributed by atoms with E-state index in [1.807, 2.05) is 6.92 Å². The lowest BCUT2D eigenvalue weighted by Gasteiger charge is -2.24. The Morgan fingerprint density at radius 1 is 1.38 bits per heavy atom. The molecule has 0 heterocycles. The van der Waals surface area contributed by atoms with Crippen LogP contribution >= 0.6 is 0 Å². The number of likely N-dealkylation sites (N-methyl/N-ethyl adjacent to an activating group) is 1. The van der Waals surface area contributed by atoms with Crippen LogP contribution in [0.3, 0.4) is 0 Å². The van der Waals surface area contributed by atoms with E-state index in [1.165, 1.54) is 12.8 Å². The lowest BCUT2D eigenvalue weighted by molar-refractivity contribution is 0.181. The van der Waals surface area contributed by atoms with Crippen LogP contribution in [0.4, 0.5) is 0 Å². The van der Waals surface area contributed by atoms with Gasteiger partial charge in [-0.2, -0.15) is 0 Å². The van der Waals surface area contributed by atoms with Gasteiger partial charge < -0.3 is 10.4 Å². The summed E-state index contributed by atoms with van der Waals surface area (Å²) in [7, 11) is 2.19.